The molecule has 1 aliphatic rings. The Morgan fingerprint density at radius 1 is 1.33 bits per heavy atom. The van der Waals surface area contributed by atoms with Gasteiger partial charge in [-0.1, -0.05) is 32.9 Å². The molecule has 0 bridgehead atoms. The van der Waals surface area contributed by atoms with Gasteiger partial charge >= 0.3 is 0 Å². The van der Waals surface area contributed by atoms with E-state index in [0.29, 0.717) is 0 Å². The van der Waals surface area contributed by atoms with Crippen LogP contribution in [0.1, 0.15) is 43.0 Å². The topological polar surface area (TPSA) is 12.0 Å². The van der Waals surface area contributed by atoms with Gasteiger partial charge in [-0.15, -0.1) is 0 Å². The van der Waals surface area contributed by atoms with Gasteiger partial charge in [-0.2, -0.15) is 0 Å². The van der Waals surface area contributed by atoms with Crippen molar-refractivity contribution >= 4 is 0 Å². The Labute approximate surface area is 92.9 Å². The van der Waals surface area contributed by atoms with Crippen LogP contribution in [-0.4, -0.2) is 6.54 Å². The average molecular weight is 203 g/mol. The van der Waals surface area contributed by atoms with E-state index < -0.39 is 0 Å². The van der Waals surface area contributed by atoms with Gasteiger partial charge in [-0.05, 0) is 35.6 Å². The van der Waals surface area contributed by atoms with Crippen molar-refractivity contribution in [1.29, 1.82) is 0 Å². The van der Waals surface area contributed by atoms with Gasteiger partial charge in [0.05, 0.1) is 0 Å². The van der Waals surface area contributed by atoms with Crippen LogP contribution in [0.2, 0.25) is 0 Å². The van der Waals surface area contributed by atoms with E-state index in [1.54, 1.807) is 5.56 Å². The van der Waals surface area contributed by atoms with E-state index in [2.05, 4.69) is 45.1 Å². The lowest BCUT2D eigenvalue weighted by atomic mass is 9.76. The summed E-state index contributed by atoms with van der Waals surface area (Å²) in [5, 5.41) is 3.51. The summed E-state index contributed by atoms with van der Waals surface area (Å²) in [7, 11) is 0. The lowest BCUT2D eigenvalue weighted by molar-refractivity contribution is 0.432. The lowest BCUT2D eigenvalue weighted by Gasteiger charge is -2.35. The molecule has 0 aromatic heterocycles. The normalized spacial score (nSPS) is 18.7. The zero-order chi connectivity index (χ0) is 11.1. The number of nitrogens with one attached hydrogen (secondary N) is 1. The van der Waals surface area contributed by atoms with Gasteiger partial charge < -0.3 is 5.32 Å². The highest BCUT2D eigenvalue weighted by atomic mass is 14.9. The van der Waals surface area contributed by atoms with E-state index in [-0.39, 0.29) is 5.41 Å². The number of rotatable bonds is 1. The predicted molar refractivity (Wildman–Crippen MR) is 65.3 cm³/mol. The summed E-state index contributed by atoms with van der Waals surface area (Å²) in [5.74, 6) is 0. The Balaban J connectivity index is 2.58. The monoisotopic (exact) mass is 203 g/mol. The van der Waals surface area contributed by atoms with Crippen LogP contribution >= 0.6 is 0 Å². The zero-order valence-corrected chi connectivity index (χ0v) is 10.3. The second-order valence-corrected chi connectivity index (χ2v) is 5.29. The van der Waals surface area contributed by atoms with Gasteiger partial charge in [-0.25, -0.2) is 0 Å². The SMILES string of the molecule is CCc1cc(C)c2c(c1)CNCC2(C)C. The van der Waals surface area contributed by atoms with Crippen LogP contribution in [0.3, 0.4) is 0 Å². The standard InChI is InChI=1S/C14H21N/c1-5-11-6-10(2)13-12(7-11)8-15-9-14(13,3)4/h6-7,15H,5,8-9H2,1-4H3. The number of hydrogen-bond acceptors (Lipinski definition) is 1. The predicted octanol–water partition coefficient (Wildman–Crippen LogP) is 2.94. The van der Waals surface area contributed by atoms with Crippen molar-refractivity contribution in [2.45, 2.75) is 46.1 Å². The van der Waals surface area contributed by atoms with Crippen LogP contribution in [0.15, 0.2) is 12.1 Å². The van der Waals surface area contributed by atoms with Gasteiger partial charge in [0.2, 0.25) is 0 Å². The van der Waals surface area contributed by atoms with Gasteiger partial charge in [0.15, 0.2) is 0 Å². The first-order chi connectivity index (χ1) is 7.04. The molecule has 0 spiro atoms. The summed E-state index contributed by atoms with van der Waals surface area (Å²) in [6.45, 7) is 11.3. The summed E-state index contributed by atoms with van der Waals surface area (Å²) >= 11 is 0. The molecule has 1 nitrogen and oxygen atoms in total. The van der Waals surface area contributed by atoms with Crippen LogP contribution in [0.25, 0.3) is 0 Å². The Morgan fingerprint density at radius 3 is 2.73 bits per heavy atom. The maximum atomic E-state index is 3.51. The smallest absolute Gasteiger partial charge is 0.0209 e. The highest BCUT2D eigenvalue weighted by molar-refractivity contribution is 5.44. The minimum absolute atomic E-state index is 0.282. The molecule has 1 aromatic carbocycles. The molecular formula is C14H21N. The number of benzene rings is 1. The van der Waals surface area contributed by atoms with Crippen LogP contribution < -0.4 is 5.32 Å². The fraction of sp³-hybridized carbons (Fsp3) is 0.571. The molecule has 0 amide bonds. The molecule has 0 aliphatic carbocycles. The van der Waals surface area contributed by atoms with Gasteiger partial charge in [0.25, 0.3) is 0 Å². The van der Waals surface area contributed by atoms with Crippen molar-refractivity contribution in [3.8, 4) is 0 Å². The molecule has 0 radical (unpaired) electrons. The van der Waals surface area contributed by atoms with E-state index in [0.717, 1.165) is 19.5 Å². The Hall–Kier alpha value is -0.820. The third-order valence-corrected chi connectivity index (χ3v) is 3.44. The highest BCUT2D eigenvalue weighted by Gasteiger charge is 2.28. The Bertz CT molecular complexity index is 377. The van der Waals surface area contributed by atoms with E-state index in [1.807, 2.05) is 0 Å². The third-order valence-electron chi connectivity index (χ3n) is 3.44. The molecule has 1 heteroatoms. The first-order valence-electron chi connectivity index (χ1n) is 5.88. The minimum atomic E-state index is 0.282. The van der Waals surface area contributed by atoms with Crippen molar-refractivity contribution in [1.82, 2.24) is 5.32 Å². The van der Waals surface area contributed by atoms with Gasteiger partial charge in [0.1, 0.15) is 0 Å². The maximum absolute atomic E-state index is 3.51. The van der Waals surface area contributed by atoms with E-state index in [1.165, 1.54) is 16.7 Å². The first-order valence-corrected chi connectivity index (χ1v) is 5.88. The molecule has 0 unspecified atom stereocenters. The minimum Gasteiger partial charge on any atom is -0.312 e. The molecule has 1 aromatic rings. The van der Waals surface area contributed by atoms with Crippen molar-refractivity contribution in [3.05, 3.63) is 34.4 Å². The second-order valence-electron chi connectivity index (χ2n) is 5.29. The molecule has 15 heavy (non-hydrogen) atoms. The third kappa shape index (κ3) is 1.81. The number of fused-ring (bicyclic) bond motifs is 1. The molecule has 0 fully saturated rings. The summed E-state index contributed by atoms with van der Waals surface area (Å²) in [6, 6.07) is 4.72. The van der Waals surface area contributed by atoms with Crippen LogP contribution in [0.5, 0.6) is 0 Å². The fourth-order valence-corrected chi connectivity index (χ4v) is 2.85. The van der Waals surface area contributed by atoms with Crippen LogP contribution in [-0.2, 0) is 18.4 Å². The van der Waals surface area contributed by atoms with E-state index >= 15 is 0 Å². The molecule has 1 N–H and O–H groups in total. The first kappa shape index (κ1) is 10.7. The molecule has 82 valence electrons. The van der Waals surface area contributed by atoms with Crippen LogP contribution in [0.4, 0.5) is 0 Å². The van der Waals surface area contributed by atoms with Crippen molar-refractivity contribution < 1.29 is 0 Å². The summed E-state index contributed by atoms with van der Waals surface area (Å²) in [4.78, 5) is 0. The Morgan fingerprint density at radius 2 is 2.07 bits per heavy atom. The summed E-state index contributed by atoms with van der Waals surface area (Å²) < 4.78 is 0. The Kier molecular flexibility index (Phi) is 2.59. The average Bonchev–Trinajstić information content (AvgIpc) is 2.15. The van der Waals surface area contributed by atoms with Crippen LogP contribution in [0, 0.1) is 6.92 Å². The summed E-state index contributed by atoms with van der Waals surface area (Å²) in [6.07, 6.45) is 1.13. The number of aryl methyl sites for hydroxylation is 2. The van der Waals surface area contributed by atoms with Crippen molar-refractivity contribution in [2.24, 2.45) is 0 Å². The molecule has 0 atom stereocenters. The quantitative estimate of drug-likeness (QED) is 0.740. The molecule has 0 saturated carbocycles. The zero-order valence-electron chi connectivity index (χ0n) is 10.3. The molecular weight excluding hydrogens is 182 g/mol. The van der Waals surface area contributed by atoms with E-state index in [4.69, 9.17) is 0 Å². The molecule has 1 heterocycles. The number of hydrogen-bond donors (Lipinski definition) is 1. The largest absolute Gasteiger partial charge is 0.312 e. The van der Waals surface area contributed by atoms with Gasteiger partial charge in [-0.3, -0.25) is 0 Å². The fourth-order valence-electron chi connectivity index (χ4n) is 2.85. The highest BCUT2D eigenvalue weighted by Crippen LogP contribution is 2.33. The molecule has 1 aliphatic heterocycles. The summed E-state index contributed by atoms with van der Waals surface area (Å²) in [5.41, 5.74) is 6.28. The molecule has 0 saturated heterocycles. The molecule has 2 rings (SSSR count). The van der Waals surface area contributed by atoms with Crippen molar-refractivity contribution in [3.63, 3.8) is 0 Å². The van der Waals surface area contributed by atoms with Gasteiger partial charge in [0, 0.05) is 18.5 Å². The lowest BCUT2D eigenvalue weighted by Crippen LogP contribution is -2.39. The maximum Gasteiger partial charge on any atom is 0.0209 e. The van der Waals surface area contributed by atoms with E-state index in [9.17, 15) is 0 Å². The van der Waals surface area contributed by atoms with Crippen molar-refractivity contribution in [2.75, 3.05) is 6.54 Å². The second kappa shape index (κ2) is 3.64.